The summed E-state index contributed by atoms with van der Waals surface area (Å²) >= 11 is 0. The van der Waals surface area contributed by atoms with Gasteiger partial charge < -0.3 is 5.32 Å². The van der Waals surface area contributed by atoms with Gasteiger partial charge in [-0.3, -0.25) is 9.67 Å². The van der Waals surface area contributed by atoms with E-state index in [2.05, 4.69) is 33.4 Å². The Bertz CT molecular complexity index is 494. The van der Waals surface area contributed by atoms with Gasteiger partial charge in [-0.25, -0.2) is 4.98 Å². The lowest BCUT2D eigenvalue weighted by Gasteiger charge is -2.15. The lowest BCUT2D eigenvalue weighted by Crippen LogP contribution is -2.29. The fourth-order valence-corrected chi connectivity index (χ4v) is 2.28. The molecule has 2 aromatic rings. The van der Waals surface area contributed by atoms with Crippen LogP contribution in [0.5, 0.6) is 0 Å². The molecule has 1 unspecified atom stereocenters. The quantitative estimate of drug-likeness (QED) is 0.797. The van der Waals surface area contributed by atoms with Crippen LogP contribution in [0.2, 0.25) is 0 Å². The van der Waals surface area contributed by atoms with Crippen LogP contribution in [-0.2, 0) is 19.4 Å². The van der Waals surface area contributed by atoms with Crippen LogP contribution in [0.4, 0.5) is 0 Å². The first kappa shape index (κ1) is 14.7. The van der Waals surface area contributed by atoms with Gasteiger partial charge in [-0.2, -0.15) is 5.10 Å². The van der Waals surface area contributed by atoms with Crippen LogP contribution in [0.1, 0.15) is 31.3 Å². The number of hydrogen-bond acceptors (Lipinski definition) is 4. The number of nitrogens with zero attached hydrogens (tertiary/aromatic N) is 4. The Balaban J connectivity index is 1.90. The summed E-state index contributed by atoms with van der Waals surface area (Å²) in [6, 6.07) is 6.46. The predicted octanol–water partition coefficient (Wildman–Crippen LogP) is 1.85. The van der Waals surface area contributed by atoms with E-state index in [9.17, 15) is 0 Å². The van der Waals surface area contributed by atoms with E-state index in [0.717, 1.165) is 43.7 Å². The van der Waals surface area contributed by atoms with Gasteiger partial charge in [0.2, 0.25) is 0 Å². The van der Waals surface area contributed by atoms with E-state index in [4.69, 9.17) is 0 Å². The van der Waals surface area contributed by atoms with E-state index < -0.39 is 0 Å². The molecule has 2 rings (SSSR count). The van der Waals surface area contributed by atoms with Gasteiger partial charge in [0, 0.05) is 30.9 Å². The minimum Gasteiger partial charge on any atom is -0.317 e. The van der Waals surface area contributed by atoms with Gasteiger partial charge in [0.25, 0.3) is 0 Å². The number of nitrogens with one attached hydrogen (secondary N) is 1. The Hall–Kier alpha value is -1.75. The molecule has 0 spiro atoms. The molecule has 1 atom stereocenters. The van der Waals surface area contributed by atoms with Gasteiger partial charge >= 0.3 is 0 Å². The molecule has 1 N–H and O–H groups in total. The second kappa shape index (κ2) is 7.75. The Labute approximate surface area is 120 Å². The van der Waals surface area contributed by atoms with Gasteiger partial charge in [0.15, 0.2) is 0 Å². The molecule has 2 aromatic heterocycles. The number of likely N-dealkylation sites (N-methyl/N-ethyl adjacent to an activating group) is 1. The standard InChI is InChI=1S/C15H23N5/c1-3-10-20-15(18-12-19-20)11-14(16-2)8-7-13-6-4-5-9-17-13/h4-6,9,12,14,16H,3,7-8,10-11H2,1-2H3. The Kier molecular flexibility index (Phi) is 5.68. The van der Waals surface area contributed by atoms with Crippen LogP contribution in [0.25, 0.3) is 0 Å². The molecule has 0 aromatic carbocycles. The molecule has 20 heavy (non-hydrogen) atoms. The highest BCUT2D eigenvalue weighted by molar-refractivity contribution is 5.04. The van der Waals surface area contributed by atoms with Gasteiger partial charge in [0.05, 0.1) is 0 Å². The molecule has 2 heterocycles. The van der Waals surface area contributed by atoms with Crippen molar-refractivity contribution in [1.29, 1.82) is 0 Å². The van der Waals surface area contributed by atoms with Gasteiger partial charge in [0.1, 0.15) is 12.2 Å². The molecular formula is C15H23N5. The first-order valence-corrected chi connectivity index (χ1v) is 7.27. The van der Waals surface area contributed by atoms with Crippen molar-refractivity contribution in [2.45, 2.75) is 45.2 Å². The lowest BCUT2D eigenvalue weighted by molar-refractivity contribution is 0.479. The maximum Gasteiger partial charge on any atom is 0.138 e. The molecule has 0 aliphatic heterocycles. The van der Waals surface area contributed by atoms with Crippen LogP contribution in [0.3, 0.4) is 0 Å². The van der Waals surface area contributed by atoms with Crippen molar-refractivity contribution in [2.24, 2.45) is 0 Å². The molecule has 5 nitrogen and oxygen atoms in total. The zero-order chi connectivity index (χ0) is 14.2. The number of hydrogen-bond donors (Lipinski definition) is 1. The van der Waals surface area contributed by atoms with E-state index in [0.29, 0.717) is 6.04 Å². The average Bonchev–Trinajstić information content (AvgIpc) is 2.92. The first-order valence-electron chi connectivity index (χ1n) is 7.27. The maximum absolute atomic E-state index is 4.37. The number of pyridine rings is 1. The van der Waals surface area contributed by atoms with E-state index >= 15 is 0 Å². The summed E-state index contributed by atoms with van der Waals surface area (Å²) < 4.78 is 2.01. The molecule has 0 aliphatic rings. The summed E-state index contributed by atoms with van der Waals surface area (Å²) in [5.74, 6) is 1.06. The maximum atomic E-state index is 4.37. The van der Waals surface area contributed by atoms with E-state index in [-0.39, 0.29) is 0 Å². The van der Waals surface area contributed by atoms with Crippen molar-refractivity contribution in [3.05, 3.63) is 42.2 Å². The van der Waals surface area contributed by atoms with Crippen LogP contribution in [-0.4, -0.2) is 32.8 Å². The topological polar surface area (TPSA) is 55.6 Å². The van der Waals surface area contributed by atoms with Crippen LogP contribution in [0, 0.1) is 0 Å². The number of rotatable bonds is 8. The summed E-state index contributed by atoms with van der Waals surface area (Å²) in [6.45, 7) is 3.09. The van der Waals surface area contributed by atoms with Gasteiger partial charge in [-0.05, 0) is 38.4 Å². The molecule has 0 fully saturated rings. The number of aromatic nitrogens is 4. The third-order valence-electron chi connectivity index (χ3n) is 3.44. The average molecular weight is 273 g/mol. The summed E-state index contributed by atoms with van der Waals surface area (Å²) in [6.07, 6.45) is 7.51. The lowest BCUT2D eigenvalue weighted by atomic mass is 10.1. The van der Waals surface area contributed by atoms with Crippen molar-refractivity contribution in [1.82, 2.24) is 25.1 Å². The summed E-state index contributed by atoms with van der Waals surface area (Å²) in [4.78, 5) is 8.74. The molecule has 0 saturated heterocycles. The monoisotopic (exact) mass is 273 g/mol. The first-order chi connectivity index (χ1) is 9.83. The second-order valence-electron chi connectivity index (χ2n) is 4.95. The van der Waals surface area contributed by atoms with Crippen LogP contribution < -0.4 is 5.32 Å². The van der Waals surface area contributed by atoms with Crippen molar-refractivity contribution in [3.8, 4) is 0 Å². The minimum atomic E-state index is 0.400. The Morgan fingerprint density at radius 2 is 2.20 bits per heavy atom. The van der Waals surface area contributed by atoms with E-state index in [1.54, 1.807) is 6.33 Å². The van der Waals surface area contributed by atoms with Crippen molar-refractivity contribution < 1.29 is 0 Å². The van der Waals surface area contributed by atoms with Crippen molar-refractivity contribution >= 4 is 0 Å². The minimum absolute atomic E-state index is 0.400. The van der Waals surface area contributed by atoms with Crippen LogP contribution in [0.15, 0.2) is 30.7 Å². The zero-order valence-corrected chi connectivity index (χ0v) is 12.3. The highest BCUT2D eigenvalue weighted by Crippen LogP contribution is 2.07. The smallest absolute Gasteiger partial charge is 0.138 e. The largest absolute Gasteiger partial charge is 0.317 e. The molecule has 0 aliphatic carbocycles. The normalized spacial score (nSPS) is 12.5. The highest BCUT2D eigenvalue weighted by Gasteiger charge is 2.12. The molecule has 0 saturated carbocycles. The summed E-state index contributed by atoms with van der Waals surface area (Å²) in [5, 5.41) is 7.65. The molecule has 108 valence electrons. The van der Waals surface area contributed by atoms with Gasteiger partial charge in [-0.15, -0.1) is 0 Å². The van der Waals surface area contributed by atoms with E-state index in [1.165, 1.54) is 0 Å². The molecular weight excluding hydrogens is 250 g/mol. The third-order valence-corrected chi connectivity index (χ3v) is 3.44. The van der Waals surface area contributed by atoms with Crippen molar-refractivity contribution in [2.75, 3.05) is 7.05 Å². The highest BCUT2D eigenvalue weighted by atomic mass is 15.3. The summed E-state index contributed by atoms with van der Waals surface area (Å²) in [7, 11) is 2.00. The van der Waals surface area contributed by atoms with Crippen LogP contribution >= 0.6 is 0 Å². The Morgan fingerprint density at radius 1 is 1.30 bits per heavy atom. The number of aryl methyl sites for hydroxylation is 2. The second-order valence-corrected chi connectivity index (χ2v) is 4.95. The van der Waals surface area contributed by atoms with Gasteiger partial charge in [-0.1, -0.05) is 13.0 Å². The SMILES string of the molecule is CCCn1ncnc1CC(CCc1ccccn1)NC. The van der Waals surface area contributed by atoms with Crippen molar-refractivity contribution in [3.63, 3.8) is 0 Å². The molecule has 5 heteroatoms. The summed E-state index contributed by atoms with van der Waals surface area (Å²) in [5.41, 5.74) is 1.14. The molecule has 0 bridgehead atoms. The molecule has 0 amide bonds. The fourth-order valence-electron chi connectivity index (χ4n) is 2.28. The third kappa shape index (κ3) is 4.13. The van der Waals surface area contributed by atoms with E-state index in [1.807, 2.05) is 30.1 Å². The zero-order valence-electron chi connectivity index (χ0n) is 12.3. The predicted molar refractivity (Wildman–Crippen MR) is 79.4 cm³/mol. The Morgan fingerprint density at radius 3 is 2.90 bits per heavy atom. The molecule has 0 radical (unpaired) electrons. The fraction of sp³-hybridized carbons (Fsp3) is 0.533.